The summed E-state index contributed by atoms with van der Waals surface area (Å²) in [6.45, 7) is 7.77. The van der Waals surface area contributed by atoms with Crippen LogP contribution in [0.25, 0.3) is 0 Å². The van der Waals surface area contributed by atoms with Gasteiger partial charge in [-0.05, 0) is 57.9 Å². The number of anilines is 1. The molecule has 0 aliphatic carbocycles. The van der Waals surface area contributed by atoms with Gasteiger partial charge in [0.25, 0.3) is 5.91 Å². The third kappa shape index (κ3) is 4.76. The van der Waals surface area contributed by atoms with Crippen LogP contribution in [-0.2, 0) is 4.79 Å². The molecule has 0 bridgehead atoms. The highest BCUT2D eigenvalue weighted by molar-refractivity contribution is 5.94. The second kappa shape index (κ2) is 6.81. The van der Waals surface area contributed by atoms with Crippen molar-refractivity contribution in [2.24, 2.45) is 0 Å². The van der Waals surface area contributed by atoms with Crippen molar-refractivity contribution in [2.75, 3.05) is 25.0 Å². The number of carbonyl (C=O) groups is 2. The summed E-state index contributed by atoms with van der Waals surface area (Å²) in [4.78, 5) is 25.9. The van der Waals surface area contributed by atoms with Crippen molar-refractivity contribution >= 4 is 17.5 Å². The Kier molecular flexibility index (Phi) is 5.06. The lowest BCUT2D eigenvalue weighted by Gasteiger charge is -2.20. The average Bonchev–Trinajstić information content (AvgIpc) is 2.97. The van der Waals surface area contributed by atoms with E-state index in [-0.39, 0.29) is 23.9 Å². The fraction of sp³-hybridized carbons (Fsp3) is 0.529. The Hall–Kier alpha value is -2.04. The maximum Gasteiger partial charge on any atom is 0.253 e. The van der Waals surface area contributed by atoms with Crippen LogP contribution in [0.5, 0.6) is 0 Å². The SMILES string of the molecule is CC(C)(C)NC(=O)CNc1ccc(C(=O)N2CCCC2)cc1. The predicted octanol–water partition coefficient (Wildman–Crippen LogP) is 2.25. The Morgan fingerprint density at radius 1 is 1.09 bits per heavy atom. The summed E-state index contributed by atoms with van der Waals surface area (Å²) in [6.07, 6.45) is 2.18. The molecule has 0 unspecified atom stereocenters. The van der Waals surface area contributed by atoms with Crippen molar-refractivity contribution in [1.29, 1.82) is 0 Å². The first-order chi connectivity index (χ1) is 10.3. The smallest absolute Gasteiger partial charge is 0.253 e. The molecular formula is C17H25N3O2. The number of hydrogen-bond donors (Lipinski definition) is 2. The summed E-state index contributed by atoms with van der Waals surface area (Å²) in [5, 5.41) is 5.96. The van der Waals surface area contributed by atoms with Gasteiger partial charge in [0.15, 0.2) is 0 Å². The molecule has 0 spiro atoms. The molecule has 5 nitrogen and oxygen atoms in total. The van der Waals surface area contributed by atoms with E-state index in [1.807, 2.05) is 49.9 Å². The number of rotatable bonds is 4. The van der Waals surface area contributed by atoms with E-state index in [4.69, 9.17) is 0 Å². The number of hydrogen-bond acceptors (Lipinski definition) is 3. The van der Waals surface area contributed by atoms with E-state index >= 15 is 0 Å². The zero-order valence-corrected chi connectivity index (χ0v) is 13.6. The zero-order chi connectivity index (χ0) is 16.2. The molecule has 0 atom stereocenters. The molecule has 1 heterocycles. The van der Waals surface area contributed by atoms with Gasteiger partial charge in [0, 0.05) is 29.9 Å². The fourth-order valence-corrected chi connectivity index (χ4v) is 2.48. The number of amides is 2. The van der Waals surface area contributed by atoms with E-state index in [1.54, 1.807) is 0 Å². The van der Waals surface area contributed by atoms with Crippen molar-refractivity contribution in [3.05, 3.63) is 29.8 Å². The van der Waals surface area contributed by atoms with E-state index in [0.29, 0.717) is 5.56 Å². The van der Waals surface area contributed by atoms with Crippen molar-refractivity contribution in [3.8, 4) is 0 Å². The summed E-state index contributed by atoms with van der Waals surface area (Å²) in [5.74, 6) is 0.0410. The van der Waals surface area contributed by atoms with Crippen LogP contribution >= 0.6 is 0 Å². The van der Waals surface area contributed by atoms with Gasteiger partial charge in [-0.3, -0.25) is 9.59 Å². The Bertz CT molecular complexity index is 526. The summed E-state index contributed by atoms with van der Waals surface area (Å²) in [6, 6.07) is 7.30. The Balaban J connectivity index is 1.86. The average molecular weight is 303 g/mol. The largest absolute Gasteiger partial charge is 0.376 e. The van der Waals surface area contributed by atoms with Crippen molar-refractivity contribution in [1.82, 2.24) is 10.2 Å². The standard InChI is InChI=1S/C17H25N3O2/c1-17(2,3)19-15(21)12-18-14-8-6-13(7-9-14)16(22)20-10-4-5-11-20/h6-9,18H,4-5,10-12H2,1-3H3,(H,19,21). The molecular weight excluding hydrogens is 278 g/mol. The molecule has 1 aromatic rings. The molecule has 1 fully saturated rings. The van der Waals surface area contributed by atoms with Gasteiger partial charge in [0.05, 0.1) is 6.54 Å². The van der Waals surface area contributed by atoms with E-state index in [1.165, 1.54) is 0 Å². The maximum atomic E-state index is 12.2. The van der Waals surface area contributed by atoms with Gasteiger partial charge < -0.3 is 15.5 Å². The van der Waals surface area contributed by atoms with Crippen LogP contribution in [0.1, 0.15) is 44.0 Å². The highest BCUT2D eigenvalue weighted by Gasteiger charge is 2.19. The first-order valence-electron chi connectivity index (χ1n) is 7.79. The monoisotopic (exact) mass is 303 g/mol. The quantitative estimate of drug-likeness (QED) is 0.897. The molecule has 120 valence electrons. The number of benzene rings is 1. The predicted molar refractivity (Wildman–Crippen MR) is 88.0 cm³/mol. The van der Waals surface area contributed by atoms with E-state index < -0.39 is 0 Å². The minimum atomic E-state index is -0.231. The molecule has 1 aliphatic rings. The van der Waals surface area contributed by atoms with Crippen LogP contribution in [-0.4, -0.2) is 41.9 Å². The van der Waals surface area contributed by atoms with Gasteiger partial charge in [-0.25, -0.2) is 0 Å². The van der Waals surface area contributed by atoms with E-state index in [2.05, 4.69) is 10.6 Å². The van der Waals surface area contributed by atoms with Crippen molar-refractivity contribution in [3.63, 3.8) is 0 Å². The van der Waals surface area contributed by atoms with Crippen LogP contribution in [0.15, 0.2) is 24.3 Å². The first kappa shape index (κ1) is 16.3. The minimum Gasteiger partial charge on any atom is -0.376 e. The Morgan fingerprint density at radius 2 is 1.68 bits per heavy atom. The van der Waals surface area contributed by atoms with E-state index in [0.717, 1.165) is 31.6 Å². The lowest BCUT2D eigenvalue weighted by atomic mass is 10.1. The molecule has 5 heteroatoms. The molecule has 0 saturated carbocycles. The number of nitrogens with one attached hydrogen (secondary N) is 2. The summed E-state index contributed by atoms with van der Waals surface area (Å²) in [5.41, 5.74) is 1.30. The lowest BCUT2D eigenvalue weighted by molar-refractivity contribution is -0.120. The van der Waals surface area contributed by atoms with Crippen LogP contribution in [0.2, 0.25) is 0 Å². The van der Waals surface area contributed by atoms with Crippen LogP contribution in [0.3, 0.4) is 0 Å². The highest BCUT2D eigenvalue weighted by atomic mass is 16.2. The summed E-state index contributed by atoms with van der Waals surface area (Å²) >= 11 is 0. The number of likely N-dealkylation sites (tertiary alicyclic amines) is 1. The molecule has 2 amide bonds. The molecule has 2 rings (SSSR count). The van der Waals surface area contributed by atoms with Gasteiger partial charge in [-0.1, -0.05) is 0 Å². The van der Waals surface area contributed by atoms with Crippen molar-refractivity contribution < 1.29 is 9.59 Å². The molecule has 1 saturated heterocycles. The summed E-state index contributed by atoms with van der Waals surface area (Å²) in [7, 11) is 0. The first-order valence-corrected chi connectivity index (χ1v) is 7.79. The molecule has 0 radical (unpaired) electrons. The molecule has 1 aliphatic heterocycles. The Labute approximate surface area is 132 Å². The minimum absolute atomic E-state index is 0.0512. The lowest BCUT2D eigenvalue weighted by Crippen LogP contribution is -2.43. The van der Waals surface area contributed by atoms with Crippen LogP contribution < -0.4 is 10.6 Å². The topological polar surface area (TPSA) is 61.4 Å². The summed E-state index contributed by atoms with van der Waals surface area (Å²) < 4.78 is 0. The number of carbonyl (C=O) groups excluding carboxylic acids is 2. The van der Waals surface area contributed by atoms with Gasteiger partial charge in [0.1, 0.15) is 0 Å². The Morgan fingerprint density at radius 3 is 2.23 bits per heavy atom. The molecule has 1 aromatic carbocycles. The normalized spacial score (nSPS) is 14.8. The van der Waals surface area contributed by atoms with E-state index in [9.17, 15) is 9.59 Å². The zero-order valence-electron chi connectivity index (χ0n) is 13.6. The second-order valence-electron chi connectivity index (χ2n) is 6.73. The maximum absolute atomic E-state index is 12.2. The van der Waals surface area contributed by atoms with Crippen molar-refractivity contribution in [2.45, 2.75) is 39.2 Å². The third-order valence-electron chi connectivity index (χ3n) is 3.49. The van der Waals surface area contributed by atoms with Gasteiger partial charge in [-0.15, -0.1) is 0 Å². The second-order valence-corrected chi connectivity index (χ2v) is 6.73. The fourth-order valence-electron chi connectivity index (χ4n) is 2.48. The van der Waals surface area contributed by atoms with Gasteiger partial charge in [-0.2, -0.15) is 0 Å². The molecule has 0 aromatic heterocycles. The van der Waals surface area contributed by atoms with Crippen LogP contribution in [0.4, 0.5) is 5.69 Å². The number of nitrogens with zero attached hydrogens (tertiary/aromatic N) is 1. The molecule has 2 N–H and O–H groups in total. The van der Waals surface area contributed by atoms with Gasteiger partial charge >= 0.3 is 0 Å². The van der Waals surface area contributed by atoms with Crippen LogP contribution in [0, 0.1) is 0 Å². The van der Waals surface area contributed by atoms with Gasteiger partial charge in [0.2, 0.25) is 5.91 Å². The third-order valence-corrected chi connectivity index (χ3v) is 3.49. The molecule has 22 heavy (non-hydrogen) atoms. The highest BCUT2D eigenvalue weighted by Crippen LogP contribution is 2.15.